The van der Waals surface area contributed by atoms with Gasteiger partial charge in [0.25, 0.3) is 10.0 Å². The normalized spacial score (nSPS) is 11.7. The molecule has 3 N–H and O–H groups in total. The molecule has 20 heavy (non-hydrogen) atoms. The highest BCUT2D eigenvalue weighted by Crippen LogP contribution is 2.21. The maximum atomic E-state index is 12.2. The number of thiazole rings is 1. The Morgan fingerprint density at radius 2 is 2.25 bits per heavy atom. The summed E-state index contributed by atoms with van der Waals surface area (Å²) in [5.41, 5.74) is 0.842. The second kappa shape index (κ2) is 6.38. The van der Waals surface area contributed by atoms with Crippen molar-refractivity contribution in [2.75, 3.05) is 11.3 Å². The largest absolute Gasteiger partial charge is 0.363 e. The molecule has 0 spiro atoms. The molecular formula is C12H18N4O2S2. The van der Waals surface area contributed by atoms with Crippen molar-refractivity contribution in [3.8, 4) is 0 Å². The summed E-state index contributed by atoms with van der Waals surface area (Å²) in [7, 11) is -3.57. The Kier molecular flexibility index (Phi) is 4.79. The van der Waals surface area contributed by atoms with Crippen molar-refractivity contribution in [3.05, 3.63) is 29.0 Å². The summed E-state index contributed by atoms with van der Waals surface area (Å²) < 4.78 is 26.8. The summed E-state index contributed by atoms with van der Waals surface area (Å²) in [6.45, 7) is 5.48. The van der Waals surface area contributed by atoms with E-state index in [1.807, 2.05) is 6.92 Å². The number of hydrogen-bond donors (Lipinski definition) is 3. The fraction of sp³-hybridized carbons (Fsp3) is 0.417. The predicted molar refractivity (Wildman–Crippen MR) is 80.4 cm³/mol. The molecule has 6 nitrogen and oxygen atoms in total. The molecule has 0 aliphatic carbocycles. The highest BCUT2D eigenvalue weighted by molar-refractivity contribution is 7.93. The number of sulfonamides is 1. The molecule has 0 unspecified atom stereocenters. The third-order valence-electron chi connectivity index (χ3n) is 2.61. The highest BCUT2D eigenvalue weighted by Gasteiger charge is 2.17. The zero-order chi connectivity index (χ0) is 14.6. The predicted octanol–water partition coefficient (Wildman–Crippen LogP) is 2.08. The van der Waals surface area contributed by atoms with Crippen molar-refractivity contribution in [2.45, 2.75) is 31.7 Å². The summed E-state index contributed by atoms with van der Waals surface area (Å²) in [4.78, 5) is 8.14. The summed E-state index contributed by atoms with van der Waals surface area (Å²) in [5.74, 6) is 0. The van der Waals surface area contributed by atoms with Gasteiger partial charge in [0.15, 0.2) is 5.13 Å². The molecule has 0 aromatic carbocycles. The highest BCUT2D eigenvalue weighted by atomic mass is 32.2. The minimum atomic E-state index is -3.57. The monoisotopic (exact) mass is 314 g/mol. The molecule has 0 saturated heterocycles. The minimum absolute atomic E-state index is 0.221. The first kappa shape index (κ1) is 15.0. The number of aromatic nitrogens is 2. The average Bonchev–Trinajstić information content (AvgIpc) is 2.99. The van der Waals surface area contributed by atoms with Crippen LogP contribution in [0.1, 0.15) is 23.9 Å². The third kappa shape index (κ3) is 3.81. The van der Waals surface area contributed by atoms with Crippen molar-refractivity contribution in [3.63, 3.8) is 0 Å². The summed E-state index contributed by atoms with van der Waals surface area (Å²) in [5, 5.41) is 3.60. The van der Waals surface area contributed by atoms with E-state index in [1.165, 1.54) is 17.5 Å². The number of aromatic amines is 1. The van der Waals surface area contributed by atoms with Gasteiger partial charge in [-0.1, -0.05) is 6.92 Å². The third-order valence-corrected chi connectivity index (χ3v) is 4.89. The van der Waals surface area contributed by atoms with Crippen LogP contribution < -0.4 is 10.0 Å². The van der Waals surface area contributed by atoms with E-state index in [0.717, 1.165) is 23.5 Å². The molecule has 0 saturated carbocycles. The number of anilines is 1. The van der Waals surface area contributed by atoms with E-state index in [-0.39, 0.29) is 4.90 Å². The lowest BCUT2D eigenvalue weighted by Crippen LogP contribution is -2.14. The first-order chi connectivity index (χ1) is 9.51. The van der Waals surface area contributed by atoms with Crippen LogP contribution in [0.25, 0.3) is 0 Å². The van der Waals surface area contributed by atoms with Crippen molar-refractivity contribution < 1.29 is 8.42 Å². The molecular weight excluding hydrogens is 296 g/mol. The van der Waals surface area contributed by atoms with E-state index in [0.29, 0.717) is 11.7 Å². The zero-order valence-corrected chi connectivity index (χ0v) is 13.1. The smallest absolute Gasteiger partial charge is 0.265 e. The van der Waals surface area contributed by atoms with Crippen molar-refractivity contribution in [1.82, 2.24) is 15.3 Å². The van der Waals surface area contributed by atoms with Crippen LogP contribution in [0.4, 0.5) is 5.13 Å². The van der Waals surface area contributed by atoms with Gasteiger partial charge in [0, 0.05) is 29.5 Å². The molecule has 0 bridgehead atoms. The fourth-order valence-corrected chi connectivity index (χ4v) is 3.58. The van der Waals surface area contributed by atoms with Gasteiger partial charge in [0.1, 0.15) is 4.90 Å². The standard InChI is InChI=1S/C12H18N4O2S2/c1-3-4-13-7-10-5-11(8-14-10)20(17,18)16-12-15-6-9(2)19-12/h5-6,8,13-14H,3-4,7H2,1-2H3,(H,15,16). The lowest BCUT2D eigenvalue weighted by atomic mass is 10.4. The molecule has 0 atom stereocenters. The molecule has 2 heterocycles. The maximum Gasteiger partial charge on any atom is 0.265 e. The Morgan fingerprint density at radius 3 is 2.90 bits per heavy atom. The fourth-order valence-electron chi connectivity index (χ4n) is 1.65. The number of nitrogens with zero attached hydrogens (tertiary/aromatic N) is 1. The zero-order valence-electron chi connectivity index (χ0n) is 11.4. The summed E-state index contributed by atoms with van der Waals surface area (Å²) in [6, 6.07) is 1.63. The summed E-state index contributed by atoms with van der Waals surface area (Å²) in [6.07, 6.45) is 4.17. The second-order valence-electron chi connectivity index (χ2n) is 4.42. The number of rotatable bonds is 7. The first-order valence-electron chi connectivity index (χ1n) is 6.34. The molecule has 2 rings (SSSR count). The molecule has 2 aromatic rings. The minimum Gasteiger partial charge on any atom is -0.363 e. The average molecular weight is 314 g/mol. The van der Waals surface area contributed by atoms with Crippen LogP contribution in [-0.2, 0) is 16.6 Å². The molecule has 0 fully saturated rings. The lowest BCUT2D eigenvalue weighted by molar-refractivity contribution is 0.601. The van der Waals surface area contributed by atoms with Crippen molar-refractivity contribution >= 4 is 26.5 Å². The van der Waals surface area contributed by atoms with Gasteiger partial charge in [-0.3, -0.25) is 4.72 Å². The van der Waals surface area contributed by atoms with Crippen LogP contribution in [0, 0.1) is 6.92 Å². The number of H-pyrrole nitrogens is 1. The molecule has 110 valence electrons. The Morgan fingerprint density at radius 1 is 1.45 bits per heavy atom. The van der Waals surface area contributed by atoms with E-state index in [2.05, 4.69) is 26.9 Å². The van der Waals surface area contributed by atoms with Crippen LogP contribution in [-0.4, -0.2) is 24.9 Å². The van der Waals surface area contributed by atoms with E-state index in [4.69, 9.17) is 0 Å². The van der Waals surface area contributed by atoms with E-state index in [9.17, 15) is 8.42 Å². The lowest BCUT2D eigenvalue weighted by Gasteiger charge is -2.02. The van der Waals surface area contributed by atoms with E-state index in [1.54, 1.807) is 12.3 Å². The van der Waals surface area contributed by atoms with Crippen molar-refractivity contribution in [2.24, 2.45) is 0 Å². The number of hydrogen-bond acceptors (Lipinski definition) is 5. The van der Waals surface area contributed by atoms with Gasteiger partial charge in [-0.25, -0.2) is 13.4 Å². The number of aryl methyl sites for hydroxylation is 1. The number of nitrogens with one attached hydrogen (secondary N) is 3. The van der Waals surface area contributed by atoms with Crippen molar-refractivity contribution in [1.29, 1.82) is 0 Å². The molecule has 0 amide bonds. The van der Waals surface area contributed by atoms with Crippen LogP contribution in [0.15, 0.2) is 23.4 Å². The van der Waals surface area contributed by atoms with Crippen LogP contribution in [0.3, 0.4) is 0 Å². The Bertz CT molecular complexity index is 661. The summed E-state index contributed by atoms with van der Waals surface area (Å²) >= 11 is 1.31. The Balaban J connectivity index is 2.06. The van der Waals surface area contributed by atoms with Crippen LogP contribution in [0.5, 0.6) is 0 Å². The topological polar surface area (TPSA) is 86.9 Å². The first-order valence-corrected chi connectivity index (χ1v) is 8.64. The Hall–Kier alpha value is -1.38. The van der Waals surface area contributed by atoms with E-state index < -0.39 is 10.0 Å². The van der Waals surface area contributed by atoms with Gasteiger partial charge in [0.05, 0.1) is 0 Å². The van der Waals surface area contributed by atoms with Gasteiger partial charge in [0.2, 0.25) is 0 Å². The van der Waals surface area contributed by atoms with Gasteiger partial charge in [-0.2, -0.15) is 0 Å². The second-order valence-corrected chi connectivity index (χ2v) is 7.34. The van der Waals surface area contributed by atoms with Gasteiger partial charge in [-0.15, -0.1) is 11.3 Å². The van der Waals surface area contributed by atoms with Crippen LogP contribution >= 0.6 is 11.3 Å². The SMILES string of the molecule is CCCNCc1cc(S(=O)(=O)Nc2ncc(C)s2)c[nH]1. The Labute approximate surface area is 122 Å². The quantitative estimate of drug-likeness (QED) is 0.683. The van der Waals surface area contributed by atoms with E-state index >= 15 is 0 Å². The molecule has 8 heteroatoms. The van der Waals surface area contributed by atoms with Gasteiger partial charge >= 0.3 is 0 Å². The maximum absolute atomic E-state index is 12.2. The van der Waals surface area contributed by atoms with Crippen LogP contribution in [0.2, 0.25) is 0 Å². The van der Waals surface area contributed by atoms with Gasteiger partial charge < -0.3 is 10.3 Å². The molecule has 0 aliphatic heterocycles. The van der Waals surface area contributed by atoms with Gasteiger partial charge in [-0.05, 0) is 26.0 Å². The molecule has 2 aromatic heterocycles. The molecule has 0 aliphatic rings. The molecule has 0 radical (unpaired) electrons.